The summed E-state index contributed by atoms with van der Waals surface area (Å²) in [5.74, 6) is -0.0163. The molecule has 0 aliphatic heterocycles. The van der Waals surface area contributed by atoms with E-state index in [-0.39, 0.29) is 5.82 Å². The van der Waals surface area contributed by atoms with Crippen LogP contribution in [-0.2, 0) is 6.54 Å². The number of hydrogen-bond donors (Lipinski definition) is 0. The number of aryl methyl sites for hydroxylation is 1. The van der Waals surface area contributed by atoms with Crippen molar-refractivity contribution < 1.29 is 0 Å². The quantitative estimate of drug-likeness (QED) is 0.657. The molecule has 0 saturated carbocycles. The molecule has 0 bridgehead atoms. The zero-order chi connectivity index (χ0) is 15.6. The lowest BCUT2D eigenvalue weighted by Gasteiger charge is -2.12. The molecule has 2 aromatic carbocycles. The Morgan fingerprint density at radius 2 is 1.50 bits per heavy atom. The zero-order valence-corrected chi connectivity index (χ0v) is 13.0. The SMILES string of the molecule is CCCn1ccnc1.[B]C(c1ccccc1)c1ccccc1. The van der Waals surface area contributed by atoms with E-state index in [1.807, 2.05) is 48.9 Å². The van der Waals surface area contributed by atoms with Crippen LogP contribution in [0.15, 0.2) is 79.4 Å². The Morgan fingerprint density at radius 1 is 0.955 bits per heavy atom. The summed E-state index contributed by atoms with van der Waals surface area (Å²) in [5.41, 5.74) is 2.30. The lowest BCUT2D eigenvalue weighted by molar-refractivity contribution is 0.678. The van der Waals surface area contributed by atoms with Crippen molar-refractivity contribution in [2.24, 2.45) is 0 Å². The maximum absolute atomic E-state index is 6.12. The minimum Gasteiger partial charge on any atom is -0.338 e. The highest BCUT2D eigenvalue weighted by atomic mass is 15.0. The summed E-state index contributed by atoms with van der Waals surface area (Å²) in [6, 6.07) is 20.3. The topological polar surface area (TPSA) is 17.8 Å². The van der Waals surface area contributed by atoms with Crippen LogP contribution in [0, 0.1) is 0 Å². The molecule has 0 fully saturated rings. The second kappa shape index (κ2) is 8.88. The van der Waals surface area contributed by atoms with E-state index in [1.54, 1.807) is 6.20 Å². The minimum atomic E-state index is -0.0163. The molecule has 22 heavy (non-hydrogen) atoms. The molecule has 0 N–H and O–H groups in total. The molecule has 110 valence electrons. The fourth-order valence-corrected chi connectivity index (χ4v) is 2.19. The summed E-state index contributed by atoms with van der Waals surface area (Å²) in [5, 5.41) is 0. The molecular formula is C19H21BN2. The highest BCUT2D eigenvalue weighted by molar-refractivity contribution is 6.14. The largest absolute Gasteiger partial charge is 0.338 e. The van der Waals surface area contributed by atoms with Crippen LogP contribution in [0.25, 0.3) is 0 Å². The molecule has 0 unspecified atom stereocenters. The molecule has 3 heteroatoms. The molecule has 1 aromatic heterocycles. The summed E-state index contributed by atoms with van der Waals surface area (Å²) < 4.78 is 2.07. The number of nitrogens with zero attached hydrogens (tertiary/aromatic N) is 2. The van der Waals surface area contributed by atoms with E-state index in [9.17, 15) is 0 Å². The summed E-state index contributed by atoms with van der Waals surface area (Å²) in [6.07, 6.45) is 6.79. The summed E-state index contributed by atoms with van der Waals surface area (Å²) in [4.78, 5) is 3.90. The van der Waals surface area contributed by atoms with Crippen molar-refractivity contribution in [3.8, 4) is 0 Å². The van der Waals surface area contributed by atoms with Crippen molar-refractivity contribution in [1.29, 1.82) is 0 Å². The number of imidazole rings is 1. The Labute approximate surface area is 134 Å². The van der Waals surface area contributed by atoms with Crippen molar-refractivity contribution in [2.45, 2.75) is 25.7 Å². The average Bonchev–Trinajstić information content (AvgIpc) is 3.10. The zero-order valence-electron chi connectivity index (χ0n) is 13.0. The predicted octanol–water partition coefficient (Wildman–Crippen LogP) is 4.24. The molecule has 2 nitrogen and oxygen atoms in total. The molecule has 3 aromatic rings. The van der Waals surface area contributed by atoms with Crippen molar-refractivity contribution in [1.82, 2.24) is 9.55 Å². The number of rotatable bonds is 4. The van der Waals surface area contributed by atoms with Gasteiger partial charge in [-0.25, -0.2) is 4.98 Å². The van der Waals surface area contributed by atoms with Gasteiger partial charge in [-0.1, -0.05) is 67.6 Å². The van der Waals surface area contributed by atoms with Gasteiger partial charge in [-0.3, -0.25) is 0 Å². The lowest BCUT2D eigenvalue weighted by atomic mass is 9.76. The smallest absolute Gasteiger partial charge is 0.0945 e. The van der Waals surface area contributed by atoms with Gasteiger partial charge >= 0.3 is 0 Å². The molecule has 1 heterocycles. The number of aromatic nitrogens is 2. The molecular weight excluding hydrogens is 267 g/mol. The number of hydrogen-bond acceptors (Lipinski definition) is 1. The van der Waals surface area contributed by atoms with Crippen LogP contribution in [0.5, 0.6) is 0 Å². The molecule has 0 aliphatic rings. The van der Waals surface area contributed by atoms with Crippen molar-refractivity contribution in [3.05, 3.63) is 90.5 Å². The predicted molar refractivity (Wildman–Crippen MR) is 93.0 cm³/mol. The van der Waals surface area contributed by atoms with E-state index >= 15 is 0 Å². The first-order valence-electron chi connectivity index (χ1n) is 7.62. The van der Waals surface area contributed by atoms with Gasteiger partial charge in [-0.05, 0) is 23.4 Å². The van der Waals surface area contributed by atoms with Crippen LogP contribution in [0.1, 0.15) is 30.3 Å². The first kappa shape index (κ1) is 16.1. The fourth-order valence-electron chi connectivity index (χ4n) is 2.19. The van der Waals surface area contributed by atoms with E-state index in [2.05, 4.69) is 40.7 Å². The van der Waals surface area contributed by atoms with Crippen molar-refractivity contribution >= 4 is 7.85 Å². The van der Waals surface area contributed by atoms with E-state index in [0.717, 1.165) is 17.7 Å². The van der Waals surface area contributed by atoms with E-state index in [0.29, 0.717) is 0 Å². The molecule has 3 rings (SSSR count). The molecule has 0 amide bonds. The Hall–Kier alpha value is -2.29. The molecule has 2 radical (unpaired) electrons. The maximum Gasteiger partial charge on any atom is 0.0945 e. The first-order chi connectivity index (χ1) is 10.8. The van der Waals surface area contributed by atoms with Crippen LogP contribution >= 0.6 is 0 Å². The lowest BCUT2D eigenvalue weighted by Crippen LogP contribution is -1.99. The highest BCUT2D eigenvalue weighted by Gasteiger charge is 2.05. The van der Waals surface area contributed by atoms with Gasteiger partial charge in [-0.15, -0.1) is 0 Å². The van der Waals surface area contributed by atoms with Crippen LogP contribution in [0.3, 0.4) is 0 Å². The van der Waals surface area contributed by atoms with Crippen molar-refractivity contribution in [3.63, 3.8) is 0 Å². The third-order valence-electron chi connectivity index (χ3n) is 3.36. The van der Waals surface area contributed by atoms with Crippen molar-refractivity contribution in [2.75, 3.05) is 0 Å². The summed E-state index contributed by atoms with van der Waals surface area (Å²) >= 11 is 0. The monoisotopic (exact) mass is 288 g/mol. The Morgan fingerprint density at radius 3 is 1.91 bits per heavy atom. The Kier molecular flexibility index (Phi) is 6.50. The average molecular weight is 288 g/mol. The second-order valence-electron chi connectivity index (χ2n) is 5.10. The van der Waals surface area contributed by atoms with Gasteiger partial charge in [0.15, 0.2) is 0 Å². The minimum absolute atomic E-state index is 0.0163. The van der Waals surface area contributed by atoms with Crippen LogP contribution in [0.4, 0.5) is 0 Å². The van der Waals surface area contributed by atoms with Gasteiger partial charge in [0.05, 0.1) is 14.2 Å². The third-order valence-corrected chi connectivity index (χ3v) is 3.36. The fraction of sp³-hybridized carbons (Fsp3) is 0.211. The molecule has 0 saturated heterocycles. The normalized spacial score (nSPS) is 10.1. The van der Waals surface area contributed by atoms with Gasteiger partial charge in [0.25, 0.3) is 0 Å². The van der Waals surface area contributed by atoms with Crippen LogP contribution in [0.2, 0.25) is 0 Å². The number of benzene rings is 2. The van der Waals surface area contributed by atoms with Crippen LogP contribution in [-0.4, -0.2) is 17.4 Å². The van der Waals surface area contributed by atoms with E-state index in [4.69, 9.17) is 7.85 Å². The Balaban J connectivity index is 0.000000188. The molecule has 0 aliphatic carbocycles. The standard InChI is InChI=1S/C13H11B.C6H10N2/c14-13(11-7-3-1-4-8-11)12-9-5-2-6-10-12;1-2-4-8-5-3-7-6-8/h1-10,13H;3,5-6H,2,4H2,1H3. The molecule has 0 atom stereocenters. The van der Waals surface area contributed by atoms with Gasteiger partial charge in [0.2, 0.25) is 0 Å². The first-order valence-corrected chi connectivity index (χ1v) is 7.62. The molecule has 0 spiro atoms. The Bertz CT molecular complexity index is 582. The second-order valence-corrected chi connectivity index (χ2v) is 5.10. The van der Waals surface area contributed by atoms with Gasteiger partial charge in [0, 0.05) is 18.9 Å². The van der Waals surface area contributed by atoms with Gasteiger partial charge in [0.1, 0.15) is 0 Å². The summed E-state index contributed by atoms with van der Waals surface area (Å²) in [6.45, 7) is 3.24. The maximum atomic E-state index is 6.12. The highest BCUT2D eigenvalue weighted by Crippen LogP contribution is 2.20. The summed E-state index contributed by atoms with van der Waals surface area (Å²) in [7, 11) is 6.12. The van der Waals surface area contributed by atoms with E-state index < -0.39 is 0 Å². The van der Waals surface area contributed by atoms with Gasteiger partial charge < -0.3 is 4.57 Å². The van der Waals surface area contributed by atoms with Gasteiger partial charge in [-0.2, -0.15) is 0 Å². The van der Waals surface area contributed by atoms with E-state index in [1.165, 1.54) is 6.42 Å². The third kappa shape index (κ3) is 4.92. The van der Waals surface area contributed by atoms with Crippen LogP contribution < -0.4 is 0 Å².